The summed E-state index contributed by atoms with van der Waals surface area (Å²) in [6.45, 7) is 3.64. The number of nitrogens with one attached hydrogen (secondary N) is 2. The van der Waals surface area contributed by atoms with Crippen LogP contribution >= 0.6 is 23.4 Å². The Labute approximate surface area is 238 Å². The molecule has 38 heavy (non-hydrogen) atoms. The van der Waals surface area contributed by atoms with Crippen LogP contribution in [0.25, 0.3) is 0 Å². The zero-order valence-electron chi connectivity index (χ0n) is 22.9. The summed E-state index contributed by atoms with van der Waals surface area (Å²) in [5.74, 6) is 1.53. The maximum Gasteiger partial charge on any atom is 0.323 e. The highest BCUT2D eigenvalue weighted by Gasteiger charge is 2.12. The van der Waals surface area contributed by atoms with Gasteiger partial charge in [-0.25, -0.2) is 4.79 Å². The monoisotopic (exact) mass is 557 g/mol. The van der Waals surface area contributed by atoms with Crippen LogP contribution in [0.4, 0.5) is 16.2 Å². The molecule has 2 amide bonds. The van der Waals surface area contributed by atoms with Crippen LogP contribution in [0.5, 0.6) is 5.75 Å². The van der Waals surface area contributed by atoms with Gasteiger partial charge in [0.2, 0.25) is 0 Å². The molecule has 0 aliphatic carbocycles. The first-order valence-corrected chi connectivity index (χ1v) is 15.7. The van der Waals surface area contributed by atoms with Crippen LogP contribution in [0.2, 0.25) is 5.02 Å². The van der Waals surface area contributed by atoms with Crippen molar-refractivity contribution in [2.75, 3.05) is 23.1 Å². The third kappa shape index (κ3) is 11.6. The Bertz CT molecular complexity index is 1000. The second-order valence-corrected chi connectivity index (χ2v) is 11.2. The van der Waals surface area contributed by atoms with Crippen LogP contribution in [0.15, 0.2) is 54.1 Å². The normalized spacial score (nSPS) is 12.6. The maximum absolute atomic E-state index is 12.7. The van der Waals surface area contributed by atoms with Gasteiger partial charge in [-0.3, -0.25) is 0 Å². The molecule has 1 aliphatic heterocycles. The third-order valence-corrected chi connectivity index (χ3v) is 7.80. The first-order valence-electron chi connectivity index (χ1n) is 14.3. The smallest absolute Gasteiger partial charge is 0.323 e. The Hall–Kier alpha value is -2.31. The molecule has 1 aliphatic rings. The molecule has 7 heteroatoms. The summed E-state index contributed by atoms with van der Waals surface area (Å²) in [5.41, 5.74) is 2.51. The summed E-state index contributed by atoms with van der Waals surface area (Å²) in [6.07, 6.45) is 17.8. The Morgan fingerprint density at radius 3 is 2.29 bits per heavy atom. The highest BCUT2D eigenvalue weighted by Crippen LogP contribution is 2.29. The van der Waals surface area contributed by atoms with E-state index in [1.165, 1.54) is 70.6 Å². The number of carbonyl (C=O) groups is 1. The largest absolute Gasteiger partial charge is 0.492 e. The number of urea groups is 1. The quantitative estimate of drug-likeness (QED) is 0.179. The number of anilines is 2. The van der Waals surface area contributed by atoms with Gasteiger partial charge in [-0.1, -0.05) is 107 Å². The summed E-state index contributed by atoms with van der Waals surface area (Å²) in [4.78, 5) is 14.9. The molecule has 0 saturated carbocycles. The van der Waals surface area contributed by atoms with Crippen LogP contribution < -0.4 is 15.4 Å². The van der Waals surface area contributed by atoms with Crippen molar-refractivity contribution in [1.29, 1.82) is 0 Å². The van der Waals surface area contributed by atoms with E-state index in [-0.39, 0.29) is 6.03 Å². The van der Waals surface area contributed by atoms with E-state index in [9.17, 15) is 4.79 Å². The molecule has 1 heterocycles. The van der Waals surface area contributed by atoms with Crippen molar-refractivity contribution in [2.24, 2.45) is 0 Å². The topological polar surface area (TPSA) is 53.6 Å². The van der Waals surface area contributed by atoms with Gasteiger partial charge >= 0.3 is 6.03 Å². The van der Waals surface area contributed by atoms with Crippen LogP contribution in [0.1, 0.15) is 89.5 Å². The molecule has 0 radical (unpaired) electrons. The van der Waals surface area contributed by atoms with Crippen molar-refractivity contribution >= 4 is 40.8 Å². The Balaban J connectivity index is 1.33. The molecule has 3 rings (SSSR count). The number of benzene rings is 2. The van der Waals surface area contributed by atoms with Gasteiger partial charge in [0.05, 0.1) is 17.5 Å². The highest BCUT2D eigenvalue weighted by atomic mass is 35.5. The van der Waals surface area contributed by atoms with Gasteiger partial charge in [0.15, 0.2) is 0 Å². The van der Waals surface area contributed by atoms with Gasteiger partial charge < -0.3 is 20.3 Å². The number of rotatable bonds is 18. The average molecular weight is 558 g/mol. The number of halogens is 1. The van der Waals surface area contributed by atoms with Gasteiger partial charge in [0.25, 0.3) is 0 Å². The van der Waals surface area contributed by atoms with Crippen molar-refractivity contribution in [3.05, 3.63) is 64.7 Å². The molecule has 0 bridgehead atoms. The van der Waals surface area contributed by atoms with Gasteiger partial charge in [-0.15, -0.1) is 11.8 Å². The molecule has 0 saturated heterocycles. The van der Waals surface area contributed by atoms with Crippen molar-refractivity contribution in [3.8, 4) is 5.75 Å². The fourth-order valence-corrected chi connectivity index (χ4v) is 5.39. The molecule has 2 N–H and O–H groups in total. The molecule has 0 spiro atoms. The minimum atomic E-state index is -0.293. The van der Waals surface area contributed by atoms with Gasteiger partial charge in [0.1, 0.15) is 5.75 Å². The average Bonchev–Trinajstić information content (AvgIpc) is 3.43. The lowest BCUT2D eigenvalue weighted by Gasteiger charge is -2.18. The van der Waals surface area contributed by atoms with Gasteiger partial charge in [-0.05, 0) is 35.6 Å². The number of hydrogen-bond donors (Lipinski definition) is 2. The second-order valence-electron chi connectivity index (χ2n) is 9.95. The lowest BCUT2D eigenvalue weighted by atomic mass is 10.1. The molecular formula is C31H44ClN3O2S. The van der Waals surface area contributed by atoms with E-state index in [1.54, 1.807) is 30.0 Å². The van der Waals surface area contributed by atoms with E-state index in [4.69, 9.17) is 16.3 Å². The number of amides is 2. The molecular weight excluding hydrogens is 514 g/mol. The number of hydrogen-bond acceptors (Lipinski definition) is 4. The third-order valence-electron chi connectivity index (χ3n) is 6.69. The Morgan fingerprint density at radius 1 is 0.921 bits per heavy atom. The number of ether oxygens (including phenoxy) is 1. The zero-order valence-corrected chi connectivity index (χ0v) is 24.4. The maximum atomic E-state index is 12.7. The number of unbranched alkanes of at least 4 members (excludes halogenated alkanes) is 11. The lowest BCUT2D eigenvalue weighted by Crippen LogP contribution is -2.21. The minimum Gasteiger partial charge on any atom is -0.492 e. The first kappa shape index (κ1) is 30.2. The fraction of sp³-hybridized carbons (Fsp3) is 0.516. The van der Waals surface area contributed by atoms with Crippen LogP contribution in [-0.4, -0.2) is 23.4 Å². The van der Waals surface area contributed by atoms with Crippen LogP contribution in [-0.2, 0) is 6.54 Å². The van der Waals surface area contributed by atoms with E-state index in [0.717, 1.165) is 30.1 Å². The summed E-state index contributed by atoms with van der Waals surface area (Å²) < 4.78 is 5.95. The number of thioether (sulfide) groups is 1. The number of nitrogens with zero attached hydrogens (tertiary/aromatic N) is 1. The highest BCUT2D eigenvalue weighted by molar-refractivity contribution is 8.02. The van der Waals surface area contributed by atoms with E-state index < -0.39 is 0 Å². The summed E-state index contributed by atoms with van der Waals surface area (Å²) in [7, 11) is 0. The molecule has 2 aromatic rings. The Kier molecular flexibility index (Phi) is 14.4. The van der Waals surface area contributed by atoms with Crippen molar-refractivity contribution in [3.63, 3.8) is 0 Å². The molecule has 5 nitrogen and oxygen atoms in total. The fourth-order valence-electron chi connectivity index (χ4n) is 4.51. The lowest BCUT2D eigenvalue weighted by molar-refractivity contribution is 0.262. The SMILES string of the molecule is CCCCCCCCCCCCCCOc1cc(NC(=O)Nc2ccccc2CN2C=CSC2)ccc1Cl. The zero-order chi connectivity index (χ0) is 26.8. The second kappa shape index (κ2) is 18.1. The molecule has 0 aromatic heterocycles. The van der Waals surface area contributed by atoms with Crippen LogP contribution in [0.3, 0.4) is 0 Å². The summed E-state index contributed by atoms with van der Waals surface area (Å²) in [6, 6.07) is 12.9. The van der Waals surface area contributed by atoms with Gasteiger partial charge in [0, 0.05) is 30.2 Å². The molecule has 0 atom stereocenters. The summed E-state index contributed by atoms with van der Waals surface area (Å²) in [5, 5.41) is 8.53. The molecule has 208 valence electrons. The minimum absolute atomic E-state index is 0.293. The van der Waals surface area contributed by atoms with E-state index in [1.807, 2.05) is 24.3 Å². The standard InChI is InChI=1S/C31H44ClN3O2S/c1-2-3-4-5-6-7-8-9-10-11-12-15-21-37-30-23-27(18-19-28(30)32)33-31(36)34-29-17-14-13-16-26(29)24-35-20-22-38-25-35/h13-14,16-20,22-23H,2-12,15,21,24-25H2,1H3,(H2,33,34,36). The Morgan fingerprint density at radius 2 is 1.61 bits per heavy atom. The van der Waals surface area contributed by atoms with E-state index >= 15 is 0 Å². The van der Waals surface area contributed by atoms with Crippen molar-refractivity contribution in [1.82, 2.24) is 4.90 Å². The number of carbonyl (C=O) groups excluding carboxylic acids is 1. The summed E-state index contributed by atoms with van der Waals surface area (Å²) >= 11 is 8.11. The van der Waals surface area contributed by atoms with E-state index in [0.29, 0.717) is 23.1 Å². The predicted octanol–water partition coefficient (Wildman–Crippen LogP) is 10.0. The van der Waals surface area contributed by atoms with Crippen LogP contribution in [0, 0.1) is 0 Å². The van der Waals surface area contributed by atoms with E-state index in [2.05, 4.69) is 34.1 Å². The molecule has 0 fully saturated rings. The van der Waals surface area contributed by atoms with Crippen molar-refractivity contribution in [2.45, 2.75) is 90.5 Å². The first-order chi connectivity index (χ1) is 18.7. The van der Waals surface area contributed by atoms with Crippen molar-refractivity contribution < 1.29 is 9.53 Å². The molecule has 2 aromatic carbocycles. The number of para-hydroxylation sites is 1. The predicted molar refractivity (Wildman–Crippen MR) is 164 cm³/mol. The molecule has 0 unspecified atom stereocenters. The van der Waals surface area contributed by atoms with Gasteiger partial charge in [-0.2, -0.15) is 0 Å².